The van der Waals surface area contributed by atoms with E-state index in [0.29, 0.717) is 12.3 Å². The van der Waals surface area contributed by atoms with E-state index in [1.165, 1.54) is 6.07 Å². The minimum absolute atomic E-state index is 0.315. The van der Waals surface area contributed by atoms with Crippen LogP contribution in [0, 0.1) is 12.7 Å². The summed E-state index contributed by atoms with van der Waals surface area (Å²) < 4.78 is 19.0. The molecule has 0 aliphatic carbocycles. The van der Waals surface area contributed by atoms with Gasteiger partial charge in [0.1, 0.15) is 5.60 Å². The van der Waals surface area contributed by atoms with Gasteiger partial charge >= 0.3 is 0 Å². The minimum Gasteiger partial charge on any atom is -0.483 e. The molecule has 0 fully saturated rings. The van der Waals surface area contributed by atoms with Crippen LogP contribution in [0.4, 0.5) is 4.39 Å². The van der Waals surface area contributed by atoms with Gasteiger partial charge in [0.15, 0.2) is 11.6 Å². The second-order valence-corrected chi connectivity index (χ2v) is 4.33. The van der Waals surface area contributed by atoms with Gasteiger partial charge in [0.2, 0.25) is 0 Å². The number of ether oxygens (including phenoxy) is 1. The summed E-state index contributed by atoms with van der Waals surface area (Å²) in [6.07, 6.45) is 0. The highest BCUT2D eigenvalue weighted by atomic mass is 19.1. The van der Waals surface area contributed by atoms with Gasteiger partial charge in [-0.3, -0.25) is 0 Å². The molecule has 3 heteroatoms. The summed E-state index contributed by atoms with van der Waals surface area (Å²) in [6.45, 7) is 6.42. The Kier molecular flexibility index (Phi) is 3.69. The van der Waals surface area contributed by atoms with Crippen molar-refractivity contribution in [3.05, 3.63) is 29.6 Å². The lowest BCUT2D eigenvalue weighted by molar-refractivity contribution is 0.105. The molecule has 1 rings (SSSR count). The highest BCUT2D eigenvalue weighted by molar-refractivity contribution is 5.30. The van der Waals surface area contributed by atoms with Crippen molar-refractivity contribution in [1.29, 1.82) is 0 Å². The van der Waals surface area contributed by atoms with Gasteiger partial charge in [0.05, 0.1) is 0 Å². The van der Waals surface area contributed by atoms with Gasteiger partial charge in [0.25, 0.3) is 0 Å². The van der Waals surface area contributed by atoms with Gasteiger partial charge in [-0.2, -0.15) is 0 Å². The van der Waals surface area contributed by atoms with Gasteiger partial charge in [-0.05, 0) is 45.5 Å². The molecule has 0 atom stereocenters. The monoisotopic (exact) mass is 211 g/mol. The Bertz CT molecular complexity index is 336. The van der Waals surface area contributed by atoms with Crippen molar-refractivity contribution >= 4 is 0 Å². The zero-order chi connectivity index (χ0) is 11.5. The number of aryl methyl sites for hydroxylation is 1. The lowest BCUT2D eigenvalue weighted by atomic mass is 10.1. The van der Waals surface area contributed by atoms with Crippen molar-refractivity contribution in [2.24, 2.45) is 0 Å². The predicted octanol–water partition coefficient (Wildman–Crippen LogP) is 2.51. The number of hydrogen-bond donors (Lipinski definition) is 1. The molecule has 0 radical (unpaired) electrons. The first kappa shape index (κ1) is 12.0. The van der Waals surface area contributed by atoms with Crippen LogP contribution in [-0.2, 0) is 0 Å². The van der Waals surface area contributed by atoms with Gasteiger partial charge in [-0.15, -0.1) is 0 Å². The highest BCUT2D eigenvalue weighted by Gasteiger charge is 2.20. The third-order valence-corrected chi connectivity index (χ3v) is 2.08. The third kappa shape index (κ3) is 3.51. The Balaban J connectivity index is 2.83. The van der Waals surface area contributed by atoms with Crippen LogP contribution in [0.1, 0.15) is 19.4 Å². The van der Waals surface area contributed by atoms with E-state index in [0.717, 1.165) is 5.56 Å². The molecule has 0 aromatic heterocycles. The average Bonchev–Trinajstić information content (AvgIpc) is 2.10. The van der Waals surface area contributed by atoms with Crippen LogP contribution in [0.25, 0.3) is 0 Å². The summed E-state index contributed by atoms with van der Waals surface area (Å²) in [5.74, 6) is 0.0000260. The fourth-order valence-corrected chi connectivity index (χ4v) is 1.45. The van der Waals surface area contributed by atoms with E-state index in [2.05, 4.69) is 5.32 Å². The van der Waals surface area contributed by atoms with E-state index >= 15 is 0 Å². The Morgan fingerprint density at radius 3 is 2.67 bits per heavy atom. The third-order valence-electron chi connectivity index (χ3n) is 2.08. The summed E-state index contributed by atoms with van der Waals surface area (Å²) in [4.78, 5) is 0. The SMILES string of the molecule is CNCC(C)(C)Oc1cc(C)ccc1F. The normalized spacial score (nSPS) is 11.5. The molecule has 0 aliphatic heterocycles. The molecule has 1 aromatic rings. The van der Waals surface area contributed by atoms with E-state index in [1.807, 2.05) is 27.8 Å². The lowest BCUT2D eigenvalue weighted by Crippen LogP contribution is -2.39. The van der Waals surface area contributed by atoms with Crippen LogP contribution in [0.3, 0.4) is 0 Å². The molecule has 1 aromatic carbocycles. The number of likely N-dealkylation sites (N-methyl/N-ethyl adjacent to an activating group) is 1. The highest BCUT2D eigenvalue weighted by Crippen LogP contribution is 2.23. The van der Waals surface area contributed by atoms with Crippen molar-refractivity contribution in [2.75, 3.05) is 13.6 Å². The quantitative estimate of drug-likeness (QED) is 0.826. The molecule has 0 spiro atoms. The fraction of sp³-hybridized carbons (Fsp3) is 0.500. The maximum absolute atomic E-state index is 13.4. The number of halogens is 1. The number of benzene rings is 1. The zero-order valence-electron chi connectivity index (χ0n) is 9.73. The lowest BCUT2D eigenvalue weighted by Gasteiger charge is -2.26. The van der Waals surface area contributed by atoms with Gasteiger partial charge in [-0.25, -0.2) is 4.39 Å². The average molecular weight is 211 g/mol. The van der Waals surface area contributed by atoms with Crippen molar-refractivity contribution < 1.29 is 9.13 Å². The molecule has 0 bridgehead atoms. The summed E-state index contributed by atoms with van der Waals surface area (Å²) >= 11 is 0. The zero-order valence-corrected chi connectivity index (χ0v) is 9.73. The maximum atomic E-state index is 13.4. The maximum Gasteiger partial charge on any atom is 0.165 e. The Hall–Kier alpha value is -1.09. The topological polar surface area (TPSA) is 21.3 Å². The van der Waals surface area contributed by atoms with E-state index in [4.69, 9.17) is 4.74 Å². The fourth-order valence-electron chi connectivity index (χ4n) is 1.45. The van der Waals surface area contributed by atoms with Crippen molar-refractivity contribution in [3.63, 3.8) is 0 Å². The van der Waals surface area contributed by atoms with Gasteiger partial charge < -0.3 is 10.1 Å². The van der Waals surface area contributed by atoms with E-state index in [9.17, 15) is 4.39 Å². The van der Waals surface area contributed by atoms with Crippen molar-refractivity contribution in [3.8, 4) is 5.75 Å². The Labute approximate surface area is 90.4 Å². The second-order valence-electron chi connectivity index (χ2n) is 4.33. The number of hydrogen-bond acceptors (Lipinski definition) is 2. The first-order chi connectivity index (χ1) is 6.94. The molecule has 84 valence electrons. The summed E-state index contributed by atoms with van der Waals surface area (Å²) in [5, 5.41) is 3.01. The molecular formula is C12H18FNO. The van der Waals surface area contributed by atoms with Crippen LogP contribution in [0.5, 0.6) is 5.75 Å². The van der Waals surface area contributed by atoms with E-state index in [1.54, 1.807) is 12.1 Å². The molecule has 15 heavy (non-hydrogen) atoms. The van der Waals surface area contributed by atoms with Crippen LogP contribution in [0.15, 0.2) is 18.2 Å². The van der Waals surface area contributed by atoms with Crippen molar-refractivity contribution in [2.45, 2.75) is 26.4 Å². The molecule has 0 heterocycles. The van der Waals surface area contributed by atoms with E-state index in [-0.39, 0.29) is 5.82 Å². The van der Waals surface area contributed by atoms with E-state index < -0.39 is 5.60 Å². The summed E-state index contributed by atoms with van der Waals surface area (Å²) in [7, 11) is 1.84. The minimum atomic E-state index is -0.413. The standard InChI is InChI=1S/C12H18FNO/c1-9-5-6-10(13)11(7-9)15-12(2,3)8-14-4/h5-7,14H,8H2,1-4H3. The summed E-state index contributed by atoms with van der Waals surface area (Å²) in [6, 6.07) is 4.88. The first-order valence-corrected chi connectivity index (χ1v) is 5.04. The molecule has 0 amide bonds. The molecule has 0 aliphatic rings. The van der Waals surface area contributed by atoms with Crippen molar-refractivity contribution in [1.82, 2.24) is 5.32 Å². The largest absolute Gasteiger partial charge is 0.483 e. The molecular weight excluding hydrogens is 193 g/mol. The molecule has 0 unspecified atom stereocenters. The molecule has 0 saturated carbocycles. The van der Waals surface area contributed by atoms with Crippen LogP contribution in [-0.4, -0.2) is 19.2 Å². The number of nitrogens with one attached hydrogen (secondary N) is 1. The van der Waals surface area contributed by atoms with Gasteiger partial charge in [0, 0.05) is 6.54 Å². The molecule has 2 nitrogen and oxygen atoms in total. The molecule has 1 N–H and O–H groups in total. The smallest absolute Gasteiger partial charge is 0.165 e. The number of rotatable bonds is 4. The Morgan fingerprint density at radius 1 is 1.40 bits per heavy atom. The second kappa shape index (κ2) is 4.62. The Morgan fingerprint density at radius 2 is 2.07 bits per heavy atom. The molecule has 0 saturated heterocycles. The predicted molar refractivity (Wildman–Crippen MR) is 59.8 cm³/mol. The summed E-state index contributed by atoms with van der Waals surface area (Å²) in [5.41, 5.74) is 0.579. The van der Waals surface area contributed by atoms with Crippen LogP contribution in [0.2, 0.25) is 0 Å². The van der Waals surface area contributed by atoms with Gasteiger partial charge in [-0.1, -0.05) is 6.07 Å². The first-order valence-electron chi connectivity index (χ1n) is 5.04. The van der Waals surface area contributed by atoms with Crippen LogP contribution >= 0.6 is 0 Å². The van der Waals surface area contributed by atoms with Crippen LogP contribution < -0.4 is 10.1 Å².